The van der Waals surface area contributed by atoms with Gasteiger partial charge in [0.05, 0.1) is 10.7 Å². The first-order valence-corrected chi connectivity index (χ1v) is 8.05. The Balaban J connectivity index is 2.03. The lowest BCUT2D eigenvalue weighted by Crippen LogP contribution is -2.47. The Morgan fingerprint density at radius 2 is 1.84 bits per heavy atom. The van der Waals surface area contributed by atoms with Gasteiger partial charge < -0.3 is 21.1 Å². The summed E-state index contributed by atoms with van der Waals surface area (Å²) in [6, 6.07) is 7.42. The van der Waals surface area contributed by atoms with Crippen LogP contribution < -0.4 is 5.73 Å². The smallest absolute Gasteiger partial charge is 0.108 e. The molecular formula is C12H15NO3S3. The largest absolute Gasteiger partial charge is 0.389 e. The Hall–Kier alpha value is -0.310. The second kappa shape index (κ2) is 6.43. The minimum absolute atomic E-state index is 0.200. The van der Waals surface area contributed by atoms with Crippen LogP contribution in [0.1, 0.15) is 5.56 Å². The van der Waals surface area contributed by atoms with Crippen LogP contribution in [-0.2, 0) is 0 Å². The second-order valence-electron chi connectivity index (χ2n) is 4.26. The van der Waals surface area contributed by atoms with Crippen molar-refractivity contribution in [2.24, 2.45) is 5.73 Å². The van der Waals surface area contributed by atoms with E-state index in [1.165, 1.54) is 23.5 Å². The van der Waals surface area contributed by atoms with Gasteiger partial charge in [-0.15, -0.1) is 23.5 Å². The van der Waals surface area contributed by atoms with Crippen LogP contribution in [0.5, 0.6) is 0 Å². The van der Waals surface area contributed by atoms with Gasteiger partial charge in [0.1, 0.15) is 17.2 Å². The molecule has 0 saturated carbocycles. The number of hydrogen-bond donors (Lipinski definition) is 4. The van der Waals surface area contributed by atoms with E-state index in [0.29, 0.717) is 10.7 Å². The molecule has 4 atom stereocenters. The van der Waals surface area contributed by atoms with Crippen molar-refractivity contribution in [1.29, 1.82) is 0 Å². The number of aliphatic hydroxyl groups excluding tert-OH is 3. The molecule has 1 fully saturated rings. The highest BCUT2D eigenvalue weighted by atomic mass is 32.2. The van der Waals surface area contributed by atoms with Crippen molar-refractivity contribution in [2.45, 2.75) is 27.8 Å². The Morgan fingerprint density at radius 1 is 1.21 bits per heavy atom. The Labute approximate surface area is 125 Å². The second-order valence-corrected chi connectivity index (χ2v) is 7.38. The first kappa shape index (κ1) is 15.1. The number of thioether (sulfide) groups is 2. The molecule has 7 heteroatoms. The van der Waals surface area contributed by atoms with Crippen LogP contribution in [0.15, 0.2) is 29.2 Å². The molecule has 0 spiro atoms. The van der Waals surface area contributed by atoms with E-state index in [1.54, 1.807) is 0 Å². The average Bonchev–Trinajstić information content (AvgIpc) is 2.40. The SMILES string of the molecule is NC(=S)c1ccc(S[C@H]2SC[C@@H](O)[C@@H](O)[C@@H]2O)cc1. The fraction of sp³-hybridized carbons (Fsp3) is 0.417. The molecule has 1 aliphatic rings. The number of rotatable bonds is 3. The van der Waals surface area contributed by atoms with Crippen molar-refractivity contribution in [3.8, 4) is 0 Å². The number of hydrogen-bond acceptors (Lipinski definition) is 6. The van der Waals surface area contributed by atoms with E-state index in [2.05, 4.69) is 0 Å². The van der Waals surface area contributed by atoms with Gasteiger partial charge in [0.25, 0.3) is 0 Å². The normalized spacial score (nSPS) is 31.1. The molecule has 0 bridgehead atoms. The Morgan fingerprint density at radius 3 is 2.42 bits per heavy atom. The fourth-order valence-electron chi connectivity index (χ4n) is 1.71. The number of aliphatic hydroxyl groups is 3. The van der Waals surface area contributed by atoms with E-state index < -0.39 is 18.3 Å². The number of thiocarbonyl (C=S) groups is 1. The zero-order valence-electron chi connectivity index (χ0n) is 9.97. The van der Waals surface area contributed by atoms with Crippen molar-refractivity contribution in [3.63, 3.8) is 0 Å². The number of nitrogens with two attached hydrogens (primary N) is 1. The topological polar surface area (TPSA) is 86.7 Å². The first-order valence-electron chi connectivity index (χ1n) is 5.71. The molecule has 4 nitrogen and oxygen atoms in total. The molecule has 5 N–H and O–H groups in total. The standard InChI is InChI=1S/C12H15NO3S3/c13-11(17)6-1-3-7(4-2-6)19-12-10(16)9(15)8(14)5-18-12/h1-4,8-10,12,14-16H,5H2,(H2,13,17)/t8-,9-,10+,12-/m1/s1. The van der Waals surface area contributed by atoms with E-state index in [-0.39, 0.29) is 4.58 Å². The van der Waals surface area contributed by atoms with Crippen LogP contribution in [-0.4, -0.2) is 49.0 Å². The maximum Gasteiger partial charge on any atom is 0.108 e. The van der Waals surface area contributed by atoms with Gasteiger partial charge in [-0.05, 0) is 12.1 Å². The summed E-state index contributed by atoms with van der Waals surface area (Å²) in [7, 11) is 0. The third kappa shape index (κ3) is 3.62. The van der Waals surface area contributed by atoms with Crippen LogP contribution in [0.4, 0.5) is 0 Å². The predicted molar refractivity (Wildman–Crippen MR) is 82.5 cm³/mol. The quantitative estimate of drug-likeness (QED) is 0.606. The molecule has 1 heterocycles. The molecule has 1 aromatic rings. The summed E-state index contributed by atoms with van der Waals surface area (Å²) in [6.07, 6.45) is -2.91. The molecule has 0 unspecified atom stereocenters. The highest BCUT2D eigenvalue weighted by Crippen LogP contribution is 2.38. The van der Waals surface area contributed by atoms with Gasteiger partial charge in [-0.2, -0.15) is 0 Å². The van der Waals surface area contributed by atoms with Crippen LogP contribution in [0, 0.1) is 0 Å². The summed E-state index contributed by atoms with van der Waals surface area (Å²) < 4.78 is -0.200. The summed E-state index contributed by atoms with van der Waals surface area (Å²) in [5, 5.41) is 29.0. The molecule has 104 valence electrons. The highest BCUT2D eigenvalue weighted by Gasteiger charge is 2.37. The molecule has 1 aliphatic heterocycles. The fourth-order valence-corrected chi connectivity index (χ4v) is 4.50. The van der Waals surface area contributed by atoms with Crippen LogP contribution in [0.25, 0.3) is 0 Å². The van der Waals surface area contributed by atoms with Crippen molar-refractivity contribution in [2.75, 3.05) is 5.75 Å². The van der Waals surface area contributed by atoms with Crippen LogP contribution in [0.2, 0.25) is 0 Å². The Kier molecular flexibility index (Phi) is 5.10. The third-order valence-electron chi connectivity index (χ3n) is 2.85. The predicted octanol–water partition coefficient (Wildman–Crippen LogP) is 0.569. The monoisotopic (exact) mass is 317 g/mol. The maximum atomic E-state index is 9.92. The van der Waals surface area contributed by atoms with Crippen molar-refractivity contribution < 1.29 is 15.3 Å². The minimum atomic E-state index is -1.09. The summed E-state index contributed by atoms with van der Waals surface area (Å²) in [4.78, 5) is 1.31. The maximum absolute atomic E-state index is 9.92. The third-order valence-corrected chi connectivity index (χ3v) is 5.97. The van der Waals surface area contributed by atoms with Gasteiger partial charge >= 0.3 is 0 Å². The van der Waals surface area contributed by atoms with Gasteiger partial charge in [-0.3, -0.25) is 0 Å². The lowest BCUT2D eigenvalue weighted by atomic mass is 10.1. The van der Waals surface area contributed by atoms with E-state index in [4.69, 9.17) is 18.0 Å². The van der Waals surface area contributed by atoms with Gasteiger partial charge in [0.2, 0.25) is 0 Å². The van der Waals surface area contributed by atoms with E-state index in [9.17, 15) is 15.3 Å². The summed E-state index contributed by atoms with van der Waals surface area (Å²) in [6.45, 7) is 0. The molecule has 2 rings (SSSR count). The van der Waals surface area contributed by atoms with E-state index in [1.807, 2.05) is 24.3 Å². The van der Waals surface area contributed by atoms with E-state index >= 15 is 0 Å². The lowest BCUT2D eigenvalue weighted by Gasteiger charge is -2.34. The summed E-state index contributed by atoms with van der Waals surface area (Å²) >= 11 is 7.78. The van der Waals surface area contributed by atoms with Crippen molar-refractivity contribution >= 4 is 40.7 Å². The van der Waals surface area contributed by atoms with Gasteiger partial charge in [0.15, 0.2) is 0 Å². The van der Waals surface area contributed by atoms with Gasteiger partial charge in [-0.25, -0.2) is 0 Å². The van der Waals surface area contributed by atoms with Crippen molar-refractivity contribution in [1.82, 2.24) is 0 Å². The van der Waals surface area contributed by atoms with Crippen LogP contribution >= 0.6 is 35.7 Å². The van der Waals surface area contributed by atoms with Gasteiger partial charge in [0, 0.05) is 16.2 Å². The number of benzene rings is 1. The average molecular weight is 317 g/mol. The Bertz CT molecular complexity index is 454. The molecule has 1 saturated heterocycles. The highest BCUT2D eigenvalue weighted by molar-refractivity contribution is 8.17. The molecule has 19 heavy (non-hydrogen) atoms. The summed E-state index contributed by atoms with van der Waals surface area (Å²) in [5.41, 5.74) is 6.32. The molecule has 1 aromatic carbocycles. The molecule has 0 aliphatic carbocycles. The van der Waals surface area contributed by atoms with Gasteiger partial charge in [-0.1, -0.05) is 24.4 Å². The summed E-state index contributed by atoms with van der Waals surface area (Å²) in [5.74, 6) is 0.418. The van der Waals surface area contributed by atoms with E-state index in [0.717, 1.165) is 10.5 Å². The van der Waals surface area contributed by atoms with Crippen LogP contribution in [0.3, 0.4) is 0 Å². The molecule has 0 aromatic heterocycles. The lowest BCUT2D eigenvalue weighted by molar-refractivity contribution is -0.0474. The molecule has 0 radical (unpaired) electrons. The minimum Gasteiger partial charge on any atom is -0.389 e. The first-order chi connectivity index (χ1) is 8.99. The zero-order valence-corrected chi connectivity index (χ0v) is 12.4. The molecule has 0 amide bonds. The zero-order chi connectivity index (χ0) is 14.0. The van der Waals surface area contributed by atoms with Crippen molar-refractivity contribution in [3.05, 3.63) is 29.8 Å². The molecular weight excluding hydrogens is 302 g/mol.